The zero-order chi connectivity index (χ0) is 21.9. The van der Waals surface area contributed by atoms with Crippen LogP contribution in [0.2, 0.25) is 5.04 Å². The molecule has 0 aliphatic carbocycles. The maximum absolute atomic E-state index is 10.5. The number of rotatable bonds is 6. The maximum Gasteiger partial charge on any atom is 0.261 e. The summed E-state index contributed by atoms with van der Waals surface area (Å²) in [5.74, 6) is 0. The lowest BCUT2D eigenvalue weighted by atomic mass is 9.99. The lowest BCUT2D eigenvalue weighted by Gasteiger charge is -2.45. The van der Waals surface area contributed by atoms with Gasteiger partial charge in [-0.3, -0.25) is 0 Å². The summed E-state index contributed by atoms with van der Waals surface area (Å²) in [6, 6.07) is 20.3. The highest BCUT2D eigenvalue weighted by Gasteiger charge is 2.52. The van der Waals surface area contributed by atoms with Crippen molar-refractivity contribution in [3.8, 4) is 0 Å². The molecule has 0 bridgehead atoms. The Morgan fingerprint density at radius 3 is 1.77 bits per heavy atom. The van der Waals surface area contributed by atoms with Crippen LogP contribution < -0.4 is 10.4 Å². The van der Waals surface area contributed by atoms with Gasteiger partial charge in [0.2, 0.25) is 0 Å². The molecule has 0 aromatic heterocycles. The maximum atomic E-state index is 10.5. The van der Waals surface area contributed by atoms with E-state index in [0.717, 1.165) is 10.4 Å². The normalized spacial score (nSPS) is 27.8. The third kappa shape index (κ3) is 4.24. The fourth-order valence-electron chi connectivity index (χ4n) is 4.22. The van der Waals surface area contributed by atoms with Gasteiger partial charge in [-0.15, -0.1) is 0 Å². The van der Waals surface area contributed by atoms with E-state index in [1.54, 1.807) is 0 Å². The van der Waals surface area contributed by atoms with Crippen LogP contribution in [0.1, 0.15) is 20.8 Å². The van der Waals surface area contributed by atoms with Gasteiger partial charge in [-0.2, -0.15) is 0 Å². The number of hydrogen-bond acceptors (Lipinski definition) is 6. The van der Waals surface area contributed by atoms with Crippen molar-refractivity contribution >= 4 is 18.7 Å². The van der Waals surface area contributed by atoms with Gasteiger partial charge < -0.3 is 29.2 Å². The number of benzene rings is 2. The molecule has 2 aromatic carbocycles. The molecular weight excluding hydrogens is 400 g/mol. The molecule has 6 nitrogen and oxygen atoms in total. The summed E-state index contributed by atoms with van der Waals surface area (Å²) in [4.78, 5) is 0. The molecule has 164 valence electrons. The molecule has 0 radical (unpaired) electrons. The number of hydrogen-bond donors (Lipinski definition) is 3. The van der Waals surface area contributed by atoms with Crippen molar-refractivity contribution in [2.75, 3.05) is 13.7 Å². The molecule has 30 heavy (non-hydrogen) atoms. The summed E-state index contributed by atoms with van der Waals surface area (Å²) in [6.45, 7) is 6.54. The van der Waals surface area contributed by atoms with Gasteiger partial charge in [-0.05, 0) is 15.4 Å². The SMILES string of the molecule is CO[C@@H]1O[C@@H](CO[Si](c2ccccc2)(c2ccccc2)C(C)(C)C)[C@H](O)[C@@H](O)[C@@H]1O. The van der Waals surface area contributed by atoms with Crippen LogP contribution in [0.4, 0.5) is 0 Å². The molecule has 3 rings (SSSR count). The highest BCUT2D eigenvalue weighted by molar-refractivity contribution is 6.99. The molecule has 1 saturated heterocycles. The number of ether oxygens (including phenoxy) is 2. The molecule has 7 heteroatoms. The van der Waals surface area contributed by atoms with E-state index in [4.69, 9.17) is 13.9 Å². The molecule has 1 heterocycles. The molecule has 1 aliphatic heterocycles. The first-order valence-electron chi connectivity index (χ1n) is 10.2. The Hall–Kier alpha value is -1.58. The average molecular weight is 433 g/mol. The Labute approximate surface area is 179 Å². The first-order valence-corrected chi connectivity index (χ1v) is 12.1. The van der Waals surface area contributed by atoms with Gasteiger partial charge in [0.05, 0.1) is 6.61 Å². The van der Waals surface area contributed by atoms with Crippen molar-refractivity contribution in [1.82, 2.24) is 0 Å². The number of methoxy groups -OCH3 is 1. The smallest absolute Gasteiger partial charge is 0.261 e. The van der Waals surface area contributed by atoms with Gasteiger partial charge in [0.15, 0.2) is 6.29 Å². The van der Waals surface area contributed by atoms with Crippen LogP contribution in [-0.2, 0) is 13.9 Å². The van der Waals surface area contributed by atoms with E-state index in [0.29, 0.717) is 0 Å². The van der Waals surface area contributed by atoms with E-state index in [1.165, 1.54) is 7.11 Å². The first-order chi connectivity index (χ1) is 14.2. The van der Waals surface area contributed by atoms with Gasteiger partial charge in [-0.1, -0.05) is 81.4 Å². The van der Waals surface area contributed by atoms with Crippen molar-refractivity contribution in [2.45, 2.75) is 56.5 Å². The van der Waals surface area contributed by atoms with E-state index in [9.17, 15) is 15.3 Å². The molecule has 0 amide bonds. The van der Waals surface area contributed by atoms with Crippen LogP contribution in [0.25, 0.3) is 0 Å². The van der Waals surface area contributed by atoms with Crippen LogP contribution in [-0.4, -0.2) is 68.1 Å². The summed E-state index contributed by atoms with van der Waals surface area (Å²) in [5, 5.41) is 32.8. The first kappa shape index (κ1) is 23.1. The Balaban J connectivity index is 2.00. The van der Waals surface area contributed by atoms with Crippen LogP contribution in [0, 0.1) is 0 Å². The molecule has 1 fully saturated rings. The van der Waals surface area contributed by atoms with Crippen molar-refractivity contribution in [3.63, 3.8) is 0 Å². The van der Waals surface area contributed by atoms with Gasteiger partial charge in [-0.25, -0.2) is 0 Å². The summed E-state index contributed by atoms with van der Waals surface area (Å²) >= 11 is 0. The fourth-order valence-corrected chi connectivity index (χ4v) is 8.79. The molecule has 0 spiro atoms. The minimum Gasteiger partial charge on any atom is -0.405 e. The highest BCUT2D eigenvalue weighted by atomic mass is 28.4. The van der Waals surface area contributed by atoms with Gasteiger partial charge in [0.1, 0.15) is 24.4 Å². The summed E-state index contributed by atoms with van der Waals surface area (Å²) in [6.07, 6.45) is -5.86. The second kappa shape index (κ2) is 9.28. The number of aliphatic hydroxyl groups is 3. The molecule has 0 saturated carbocycles. The van der Waals surface area contributed by atoms with Crippen LogP contribution >= 0.6 is 0 Å². The Morgan fingerprint density at radius 1 is 0.833 bits per heavy atom. The van der Waals surface area contributed by atoms with Crippen LogP contribution in [0.15, 0.2) is 60.7 Å². The molecule has 0 unspecified atom stereocenters. The topological polar surface area (TPSA) is 88.4 Å². The molecule has 5 atom stereocenters. The quantitative estimate of drug-likeness (QED) is 0.591. The Bertz CT molecular complexity index is 753. The minimum atomic E-state index is -2.81. The lowest BCUT2D eigenvalue weighted by Crippen LogP contribution is -2.68. The second-order valence-electron chi connectivity index (χ2n) is 8.72. The van der Waals surface area contributed by atoms with E-state index < -0.39 is 39.0 Å². The molecule has 1 aliphatic rings. The molecule has 2 aromatic rings. The average Bonchev–Trinajstić information content (AvgIpc) is 2.74. The van der Waals surface area contributed by atoms with Crippen molar-refractivity contribution in [3.05, 3.63) is 60.7 Å². The standard InChI is InChI=1S/C23H32O6Si/c1-23(2,3)30(16-11-7-5-8-12-16,17-13-9-6-10-14-17)28-15-18-19(24)20(25)21(26)22(27-4)29-18/h5-14,18-22,24-26H,15H2,1-4H3/t18-,19-,20+,21-,22+/m0/s1. The van der Waals surface area contributed by atoms with Crippen molar-refractivity contribution in [1.29, 1.82) is 0 Å². The zero-order valence-electron chi connectivity index (χ0n) is 17.9. The van der Waals surface area contributed by atoms with Crippen molar-refractivity contribution in [2.24, 2.45) is 0 Å². The lowest BCUT2D eigenvalue weighted by molar-refractivity contribution is -0.293. The minimum absolute atomic E-state index is 0.0537. The monoisotopic (exact) mass is 432 g/mol. The highest BCUT2D eigenvalue weighted by Crippen LogP contribution is 2.37. The van der Waals surface area contributed by atoms with Gasteiger partial charge >= 0.3 is 0 Å². The summed E-state index contributed by atoms with van der Waals surface area (Å²) in [5.41, 5.74) is 0. The van der Waals surface area contributed by atoms with Crippen LogP contribution in [0.5, 0.6) is 0 Å². The fraction of sp³-hybridized carbons (Fsp3) is 0.478. The largest absolute Gasteiger partial charge is 0.405 e. The van der Waals surface area contributed by atoms with E-state index in [1.807, 2.05) is 36.4 Å². The molecule has 3 N–H and O–H groups in total. The number of aliphatic hydroxyl groups excluding tert-OH is 3. The van der Waals surface area contributed by atoms with E-state index in [-0.39, 0.29) is 11.6 Å². The third-order valence-electron chi connectivity index (χ3n) is 5.78. The molecular formula is C23H32O6Si. The summed E-state index contributed by atoms with van der Waals surface area (Å²) < 4.78 is 17.6. The third-order valence-corrected chi connectivity index (χ3v) is 10.8. The Morgan fingerprint density at radius 2 is 1.33 bits per heavy atom. The zero-order valence-corrected chi connectivity index (χ0v) is 18.9. The Kier molecular flexibility index (Phi) is 7.14. The van der Waals surface area contributed by atoms with Crippen molar-refractivity contribution < 1.29 is 29.2 Å². The van der Waals surface area contributed by atoms with Crippen LogP contribution in [0.3, 0.4) is 0 Å². The summed E-state index contributed by atoms with van der Waals surface area (Å²) in [7, 11) is -1.42. The van der Waals surface area contributed by atoms with Gasteiger partial charge in [0.25, 0.3) is 8.32 Å². The predicted octanol–water partition coefficient (Wildman–Crippen LogP) is 1.02. The van der Waals surface area contributed by atoms with E-state index >= 15 is 0 Å². The second-order valence-corrected chi connectivity index (χ2v) is 13.0. The van der Waals surface area contributed by atoms with Gasteiger partial charge in [0, 0.05) is 7.11 Å². The predicted molar refractivity (Wildman–Crippen MR) is 117 cm³/mol. The van der Waals surface area contributed by atoms with E-state index in [2.05, 4.69) is 45.0 Å².